The first-order chi connectivity index (χ1) is 6.86. The molecule has 1 nitrogen and oxygen atoms in total. The predicted molar refractivity (Wildman–Crippen MR) is 55.9 cm³/mol. The van der Waals surface area contributed by atoms with Crippen LogP contribution in [0.5, 0.6) is 0 Å². The highest BCUT2D eigenvalue weighted by atomic mass is 16.1. The molecule has 0 aliphatic heterocycles. The van der Waals surface area contributed by atoms with Crippen molar-refractivity contribution in [1.82, 2.24) is 0 Å². The van der Waals surface area contributed by atoms with E-state index in [1.165, 1.54) is 44.9 Å². The third-order valence-electron chi connectivity index (χ3n) is 4.52. The molecule has 0 spiro atoms. The van der Waals surface area contributed by atoms with Crippen molar-refractivity contribution in [3.8, 4) is 0 Å². The molecule has 3 fully saturated rings. The Morgan fingerprint density at radius 1 is 1.00 bits per heavy atom. The maximum atomic E-state index is 11.9. The van der Waals surface area contributed by atoms with E-state index in [0.29, 0.717) is 11.7 Å². The number of carbonyl (C=O) groups is 1. The van der Waals surface area contributed by atoms with Crippen molar-refractivity contribution in [3.05, 3.63) is 0 Å². The van der Waals surface area contributed by atoms with Crippen LogP contribution in [0.15, 0.2) is 0 Å². The molecular weight excluding hydrogens is 172 g/mol. The van der Waals surface area contributed by atoms with E-state index in [2.05, 4.69) is 0 Å². The number of rotatable bonds is 4. The lowest BCUT2D eigenvalue weighted by molar-refractivity contribution is -0.121. The van der Waals surface area contributed by atoms with Crippen LogP contribution in [0.4, 0.5) is 0 Å². The summed E-state index contributed by atoms with van der Waals surface area (Å²) in [6.07, 6.45) is 10.4. The van der Waals surface area contributed by atoms with Crippen LogP contribution in [0.2, 0.25) is 0 Å². The monoisotopic (exact) mass is 192 g/mol. The normalized spacial score (nSPS) is 40.4. The fourth-order valence-electron chi connectivity index (χ4n) is 3.39. The average molecular weight is 192 g/mol. The van der Waals surface area contributed by atoms with Crippen molar-refractivity contribution >= 4 is 5.78 Å². The van der Waals surface area contributed by atoms with Crippen LogP contribution in [0.25, 0.3) is 0 Å². The van der Waals surface area contributed by atoms with Gasteiger partial charge in [0, 0.05) is 12.3 Å². The van der Waals surface area contributed by atoms with Gasteiger partial charge in [-0.1, -0.05) is 25.7 Å². The summed E-state index contributed by atoms with van der Waals surface area (Å²) in [7, 11) is 0. The zero-order valence-corrected chi connectivity index (χ0v) is 8.87. The Morgan fingerprint density at radius 3 is 2.21 bits per heavy atom. The van der Waals surface area contributed by atoms with Gasteiger partial charge in [0.2, 0.25) is 0 Å². The molecule has 2 unspecified atom stereocenters. The molecule has 1 heteroatoms. The molecule has 0 bridgehead atoms. The van der Waals surface area contributed by atoms with E-state index < -0.39 is 0 Å². The van der Waals surface area contributed by atoms with Gasteiger partial charge in [-0.3, -0.25) is 4.79 Å². The van der Waals surface area contributed by atoms with Crippen molar-refractivity contribution in [2.75, 3.05) is 0 Å². The summed E-state index contributed by atoms with van der Waals surface area (Å²) in [6.45, 7) is 0. The highest BCUT2D eigenvalue weighted by Crippen LogP contribution is 2.56. The summed E-state index contributed by atoms with van der Waals surface area (Å²) >= 11 is 0. The minimum absolute atomic E-state index is 0.524. The first-order valence-electron chi connectivity index (χ1n) is 6.39. The summed E-state index contributed by atoms with van der Waals surface area (Å²) < 4.78 is 0. The Bertz CT molecular complexity index is 230. The number of fused-ring (bicyclic) bond motifs is 1. The molecule has 14 heavy (non-hydrogen) atoms. The highest BCUT2D eigenvalue weighted by molar-refractivity contribution is 5.84. The smallest absolute Gasteiger partial charge is 0.136 e. The summed E-state index contributed by atoms with van der Waals surface area (Å²) in [5, 5.41) is 0. The second-order valence-electron chi connectivity index (χ2n) is 5.59. The van der Waals surface area contributed by atoms with E-state index in [9.17, 15) is 4.79 Å². The van der Waals surface area contributed by atoms with Crippen molar-refractivity contribution in [2.45, 2.75) is 51.4 Å². The molecule has 3 rings (SSSR count). The van der Waals surface area contributed by atoms with E-state index in [1.807, 2.05) is 0 Å². The van der Waals surface area contributed by atoms with Gasteiger partial charge in [-0.15, -0.1) is 0 Å². The van der Waals surface area contributed by atoms with Crippen LogP contribution < -0.4 is 0 Å². The molecule has 2 atom stereocenters. The van der Waals surface area contributed by atoms with Gasteiger partial charge in [0.05, 0.1) is 0 Å². The van der Waals surface area contributed by atoms with Gasteiger partial charge in [-0.2, -0.15) is 0 Å². The molecule has 0 aromatic rings. The first-order valence-corrected chi connectivity index (χ1v) is 6.39. The van der Waals surface area contributed by atoms with Gasteiger partial charge in [-0.25, -0.2) is 0 Å². The molecule has 3 aliphatic rings. The standard InChI is InChI=1S/C13H20O/c14-12(8-7-9-5-6-9)13-10-3-1-2-4-11(10)13/h9-11,13H,1-8H2. The SMILES string of the molecule is O=C(CCC1CC1)C1C2CCCCC21. The molecule has 0 aromatic carbocycles. The van der Waals surface area contributed by atoms with E-state index in [-0.39, 0.29) is 0 Å². The van der Waals surface area contributed by atoms with E-state index in [1.54, 1.807) is 0 Å². The lowest BCUT2D eigenvalue weighted by atomic mass is 10.0. The third-order valence-corrected chi connectivity index (χ3v) is 4.52. The average Bonchev–Trinajstić information content (AvgIpc) is 3.09. The number of carbonyl (C=O) groups excluding carboxylic acids is 1. The quantitative estimate of drug-likeness (QED) is 0.668. The largest absolute Gasteiger partial charge is 0.299 e. The van der Waals surface area contributed by atoms with E-state index in [0.717, 1.165) is 24.2 Å². The highest BCUT2D eigenvalue weighted by Gasteiger charge is 2.53. The molecule has 0 amide bonds. The summed E-state index contributed by atoms with van der Waals surface area (Å²) in [6, 6.07) is 0. The summed E-state index contributed by atoms with van der Waals surface area (Å²) in [5.41, 5.74) is 0. The molecule has 0 radical (unpaired) electrons. The Kier molecular flexibility index (Phi) is 2.14. The predicted octanol–water partition coefficient (Wildman–Crippen LogP) is 3.18. The Hall–Kier alpha value is -0.330. The molecule has 3 aliphatic carbocycles. The van der Waals surface area contributed by atoms with Crippen LogP contribution in [-0.2, 0) is 4.79 Å². The fourth-order valence-corrected chi connectivity index (χ4v) is 3.39. The number of Topliss-reactive ketones (excluding diaryl/α,β-unsaturated/α-hetero) is 1. The van der Waals surface area contributed by atoms with Gasteiger partial charge in [0.1, 0.15) is 5.78 Å². The maximum absolute atomic E-state index is 11.9. The minimum atomic E-state index is 0.524. The Labute approximate surface area is 86.3 Å². The van der Waals surface area contributed by atoms with Crippen LogP contribution in [0, 0.1) is 23.7 Å². The van der Waals surface area contributed by atoms with Crippen molar-refractivity contribution in [3.63, 3.8) is 0 Å². The summed E-state index contributed by atoms with van der Waals surface area (Å²) in [5.74, 6) is 3.73. The molecule has 0 aromatic heterocycles. The first kappa shape index (κ1) is 8.94. The molecule has 3 saturated carbocycles. The van der Waals surface area contributed by atoms with Gasteiger partial charge in [-0.05, 0) is 37.0 Å². The van der Waals surface area contributed by atoms with Gasteiger partial charge < -0.3 is 0 Å². The van der Waals surface area contributed by atoms with Crippen molar-refractivity contribution in [1.29, 1.82) is 0 Å². The lowest BCUT2D eigenvalue weighted by Gasteiger charge is -2.04. The Balaban J connectivity index is 1.48. The van der Waals surface area contributed by atoms with Crippen molar-refractivity contribution in [2.24, 2.45) is 23.7 Å². The van der Waals surface area contributed by atoms with Crippen LogP contribution in [-0.4, -0.2) is 5.78 Å². The van der Waals surface area contributed by atoms with E-state index >= 15 is 0 Å². The van der Waals surface area contributed by atoms with Gasteiger partial charge in [0.25, 0.3) is 0 Å². The second-order valence-corrected chi connectivity index (χ2v) is 5.59. The lowest BCUT2D eigenvalue weighted by Crippen LogP contribution is -2.03. The van der Waals surface area contributed by atoms with Crippen LogP contribution >= 0.6 is 0 Å². The zero-order chi connectivity index (χ0) is 9.54. The minimum Gasteiger partial charge on any atom is -0.299 e. The van der Waals surface area contributed by atoms with Crippen LogP contribution in [0.1, 0.15) is 51.4 Å². The molecule has 0 saturated heterocycles. The van der Waals surface area contributed by atoms with Gasteiger partial charge in [0.15, 0.2) is 0 Å². The molecule has 78 valence electrons. The molecule has 0 N–H and O–H groups in total. The second kappa shape index (κ2) is 3.36. The zero-order valence-electron chi connectivity index (χ0n) is 8.87. The third kappa shape index (κ3) is 1.62. The van der Waals surface area contributed by atoms with Gasteiger partial charge >= 0.3 is 0 Å². The maximum Gasteiger partial charge on any atom is 0.136 e. The Morgan fingerprint density at radius 2 is 1.64 bits per heavy atom. The number of hydrogen-bond donors (Lipinski definition) is 0. The summed E-state index contributed by atoms with van der Waals surface area (Å²) in [4.78, 5) is 11.9. The molecule has 0 heterocycles. The molecular formula is C13H20O. The van der Waals surface area contributed by atoms with E-state index in [4.69, 9.17) is 0 Å². The number of ketones is 1. The fraction of sp³-hybridized carbons (Fsp3) is 0.923. The van der Waals surface area contributed by atoms with Crippen LogP contribution in [0.3, 0.4) is 0 Å². The van der Waals surface area contributed by atoms with Crippen molar-refractivity contribution < 1.29 is 4.79 Å². The number of hydrogen-bond acceptors (Lipinski definition) is 1. The topological polar surface area (TPSA) is 17.1 Å².